The summed E-state index contributed by atoms with van der Waals surface area (Å²) in [5, 5.41) is 40.0. The van der Waals surface area contributed by atoms with Crippen LogP contribution in [-0.2, 0) is 0 Å². The van der Waals surface area contributed by atoms with Crippen molar-refractivity contribution in [2.24, 2.45) is 0 Å². The molecule has 0 N–H and O–H groups in total. The fourth-order valence-electron chi connectivity index (χ4n) is 0.674. The largest absolute Gasteiger partial charge is 0.628 e. The fourth-order valence-corrected chi connectivity index (χ4v) is 0.674. The molecule has 0 aromatic rings. The van der Waals surface area contributed by atoms with E-state index in [2.05, 4.69) is 0 Å². The van der Waals surface area contributed by atoms with Gasteiger partial charge in [-0.3, -0.25) is 40.5 Å². The smallest absolute Gasteiger partial charge is 0.259 e. The van der Waals surface area contributed by atoms with E-state index in [1.54, 1.807) is 0 Å². The van der Waals surface area contributed by atoms with E-state index in [1.165, 1.54) is 0 Å². The normalized spacial score (nSPS) is 11.1. The van der Waals surface area contributed by atoms with Crippen LogP contribution in [0.15, 0.2) is 0 Å². The summed E-state index contributed by atoms with van der Waals surface area (Å²) in [6, 6.07) is 0. The molecule has 13 heteroatoms. The molecule has 0 aromatic carbocycles. The number of rotatable bonds is 6. The minimum Gasteiger partial charge on any atom is -0.259 e. The number of nitro groups is 4. The standard InChI is InChI=1S/C3H3FN4O8/c4-3(7(13)14,8(15)16)1-2(5(9)10)6(11)12/h2H,1H2. The maximum Gasteiger partial charge on any atom is 0.628 e. The molecule has 0 fully saturated rings. The predicted molar refractivity (Wildman–Crippen MR) is 40.2 cm³/mol. The van der Waals surface area contributed by atoms with Crippen LogP contribution in [0.1, 0.15) is 6.42 Å². The van der Waals surface area contributed by atoms with Crippen molar-refractivity contribution in [3.8, 4) is 0 Å². The molecular formula is C3H3FN4O8. The van der Waals surface area contributed by atoms with Crippen molar-refractivity contribution in [2.75, 3.05) is 0 Å². The molecule has 0 rings (SSSR count). The molecule has 0 aliphatic heterocycles. The number of alkyl halides is 1. The molecular weight excluding hydrogens is 239 g/mol. The van der Waals surface area contributed by atoms with Crippen LogP contribution >= 0.6 is 0 Å². The Bertz CT molecular complexity index is 327. The highest BCUT2D eigenvalue weighted by Crippen LogP contribution is 2.21. The van der Waals surface area contributed by atoms with Crippen LogP contribution in [0.25, 0.3) is 0 Å². The molecule has 0 bridgehead atoms. The van der Waals surface area contributed by atoms with Crippen molar-refractivity contribution in [1.29, 1.82) is 0 Å². The maximum atomic E-state index is 13.0. The van der Waals surface area contributed by atoms with E-state index in [-0.39, 0.29) is 0 Å². The molecule has 0 amide bonds. The highest BCUT2D eigenvalue weighted by atomic mass is 19.2. The minimum absolute atomic E-state index is 1.65. The van der Waals surface area contributed by atoms with Gasteiger partial charge in [-0.1, -0.05) is 4.39 Å². The van der Waals surface area contributed by atoms with E-state index >= 15 is 0 Å². The lowest BCUT2D eigenvalue weighted by atomic mass is 10.2. The molecule has 0 aromatic heterocycles. The molecule has 90 valence electrons. The van der Waals surface area contributed by atoms with Crippen molar-refractivity contribution >= 4 is 0 Å². The lowest BCUT2D eigenvalue weighted by Crippen LogP contribution is -2.48. The van der Waals surface area contributed by atoms with Crippen LogP contribution < -0.4 is 0 Å². The van der Waals surface area contributed by atoms with E-state index < -0.39 is 38.2 Å². The van der Waals surface area contributed by atoms with Crippen LogP contribution in [-0.4, -0.2) is 31.8 Å². The highest BCUT2D eigenvalue weighted by Gasteiger charge is 2.65. The molecule has 0 saturated heterocycles. The molecule has 0 unspecified atom stereocenters. The summed E-state index contributed by atoms with van der Waals surface area (Å²) < 4.78 is 13.0. The first-order valence-electron chi connectivity index (χ1n) is 3.37. The molecule has 16 heavy (non-hydrogen) atoms. The molecule has 0 spiro atoms. The van der Waals surface area contributed by atoms with Gasteiger partial charge in [0.2, 0.25) is 0 Å². The van der Waals surface area contributed by atoms with Gasteiger partial charge < -0.3 is 0 Å². The maximum absolute atomic E-state index is 13.0. The molecule has 12 nitrogen and oxygen atoms in total. The van der Waals surface area contributed by atoms with Gasteiger partial charge in [0, 0.05) is 0 Å². The van der Waals surface area contributed by atoms with Crippen molar-refractivity contribution in [3.05, 3.63) is 40.5 Å². The van der Waals surface area contributed by atoms with Gasteiger partial charge in [-0.25, -0.2) is 0 Å². The number of hydrogen-bond acceptors (Lipinski definition) is 8. The summed E-state index contributed by atoms with van der Waals surface area (Å²) in [4.78, 5) is 32.6. The zero-order valence-corrected chi connectivity index (χ0v) is 7.22. The predicted octanol–water partition coefficient (Wildman–Crippen LogP) is -0.567. The Labute approximate surface area is 84.2 Å². The van der Waals surface area contributed by atoms with Gasteiger partial charge in [-0.2, -0.15) is 0 Å². The fraction of sp³-hybridized carbons (Fsp3) is 1.00. The third-order valence-corrected chi connectivity index (χ3v) is 1.49. The van der Waals surface area contributed by atoms with Crippen molar-refractivity contribution < 1.29 is 24.1 Å². The number of nitrogens with zero attached hydrogens (tertiary/aromatic N) is 4. The third kappa shape index (κ3) is 2.52. The van der Waals surface area contributed by atoms with Crippen molar-refractivity contribution in [2.45, 2.75) is 18.5 Å². The Hall–Kier alpha value is -2.47. The summed E-state index contributed by atoms with van der Waals surface area (Å²) in [7, 11) is 0. The zero-order chi connectivity index (χ0) is 13.1. The van der Waals surface area contributed by atoms with Crippen LogP contribution in [0.3, 0.4) is 0 Å². The third-order valence-electron chi connectivity index (χ3n) is 1.49. The molecule has 0 aliphatic rings. The molecule has 0 saturated carbocycles. The Balaban J connectivity index is 5.16. The average Bonchev–Trinajstić information content (AvgIpc) is 2.11. The lowest BCUT2D eigenvalue weighted by molar-refractivity contribution is -0.852. The Kier molecular flexibility index (Phi) is 3.69. The van der Waals surface area contributed by atoms with Gasteiger partial charge in [0.15, 0.2) is 0 Å². The summed E-state index contributed by atoms with van der Waals surface area (Å²) >= 11 is 0. The van der Waals surface area contributed by atoms with E-state index in [9.17, 15) is 44.8 Å². The second kappa shape index (κ2) is 4.37. The van der Waals surface area contributed by atoms with E-state index in [4.69, 9.17) is 0 Å². The van der Waals surface area contributed by atoms with Crippen molar-refractivity contribution in [3.63, 3.8) is 0 Å². The molecule has 0 radical (unpaired) electrons. The second-order valence-corrected chi connectivity index (χ2v) is 2.49. The lowest BCUT2D eigenvalue weighted by Gasteiger charge is -2.07. The monoisotopic (exact) mass is 242 g/mol. The van der Waals surface area contributed by atoms with Crippen LogP contribution in [0.2, 0.25) is 0 Å². The van der Waals surface area contributed by atoms with E-state index in [1.807, 2.05) is 0 Å². The Morgan fingerprint density at radius 3 is 1.44 bits per heavy atom. The van der Waals surface area contributed by atoms with E-state index in [0.717, 1.165) is 0 Å². The molecule has 0 atom stereocenters. The number of hydrogen-bond donors (Lipinski definition) is 0. The first kappa shape index (κ1) is 13.5. The minimum atomic E-state index is -4.45. The van der Waals surface area contributed by atoms with Crippen molar-refractivity contribution in [1.82, 2.24) is 0 Å². The highest BCUT2D eigenvalue weighted by molar-refractivity contribution is 4.55. The second-order valence-electron chi connectivity index (χ2n) is 2.49. The summed E-state index contributed by atoms with van der Waals surface area (Å²) in [5.41, 5.74) is 0. The van der Waals surface area contributed by atoms with E-state index in [0.29, 0.717) is 0 Å². The van der Waals surface area contributed by atoms with Gasteiger partial charge in [0.25, 0.3) is 6.42 Å². The van der Waals surface area contributed by atoms with Gasteiger partial charge in [0.1, 0.15) is 9.85 Å². The quantitative estimate of drug-likeness (QED) is 0.257. The van der Waals surface area contributed by atoms with Gasteiger partial charge in [0.05, 0.1) is 9.85 Å². The summed E-state index contributed by atoms with van der Waals surface area (Å²) in [5.74, 6) is -4.45. The van der Waals surface area contributed by atoms with Crippen LogP contribution in [0, 0.1) is 40.5 Å². The van der Waals surface area contributed by atoms with Gasteiger partial charge in [-0.15, -0.1) is 0 Å². The summed E-state index contributed by atoms with van der Waals surface area (Å²) in [6.45, 7) is 0. The van der Waals surface area contributed by atoms with Gasteiger partial charge >= 0.3 is 12.1 Å². The SMILES string of the molecule is O=[N+]([O-])C(CC(F)([N+](=O)[O-])[N+](=O)[O-])[N+](=O)[O-]. The van der Waals surface area contributed by atoms with Crippen LogP contribution in [0.5, 0.6) is 0 Å². The topological polar surface area (TPSA) is 173 Å². The van der Waals surface area contributed by atoms with Gasteiger partial charge in [-0.05, 0) is 0 Å². The zero-order valence-electron chi connectivity index (χ0n) is 7.22. The summed E-state index contributed by atoms with van der Waals surface area (Å²) in [6.07, 6.45) is -5.05. The first-order valence-corrected chi connectivity index (χ1v) is 3.37. The average molecular weight is 242 g/mol. The first-order chi connectivity index (χ1) is 7.12. The molecule has 0 heterocycles. The Morgan fingerprint density at radius 2 is 1.25 bits per heavy atom. The number of halogens is 1. The molecule has 0 aliphatic carbocycles. The van der Waals surface area contributed by atoms with Crippen LogP contribution in [0.4, 0.5) is 4.39 Å². The Morgan fingerprint density at radius 1 is 0.938 bits per heavy atom.